The molecule has 0 saturated carbocycles. The van der Waals surface area contributed by atoms with Crippen LogP contribution in [0.25, 0.3) is 5.69 Å². The lowest BCUT2D eigenvalue weighted by molar-refractivity contribution is 0.0692. The minimum absolute atomic E-state index is 0.0480. The first kappa shape index (κ1) is 20.1. The molecule has 2 aromatic carbocycles. The van der Waals surface area contributed by atoms with Crippen LogP contribution in [0.1, 0.15) is 39.3 Å². The van der Waals surface area contributed by atoms with E-state index in [4.69, 9.17) is 11.6 Å². The molecule has 1 N–H and O–H groups in total. The Bertz CT molecular complexity index is 1060. The van der Waals surface area contributed by atoms with Crippen LogP contribution in [0.5, 0.6) is 0 Å². The summed E-state index contributed by atoms with van der Waals surface area (Å²) in [6.07, 6.45) is 3.03. The van der Waals surface area contributed by atoms with Gasteiger partial charge in [-0.2, -0.15) is 0 Å². The second-order valence-electron chi connectivity index (χ2n) is 7.43. The van der Waals surface area contributed by atoms with Gasteiger partial charge in [0.05, 0.1) is 11.9 Å². The predicted octanol–water partition coefficient (Wildman–Crippen LogP) is 3.26. The van der Waals surface area contributed by atoms with Crippen LogP contribution in [0.15, 0.2) is 54.7 Å². The third-order valence-corrected chi connectivity index (χ3v) is 5.45. The van der Waals surface area contributed by atoms with Crippen molar-refractivity contribution in [1.82, 2.24) is 25.2 Å². The van der Waals surface area contributed by atoms with E-state index in [0.29, 0.717) is 42.2 Å². The molecule has 1 aliphatic rings. The largest absolute Gasteiger partial charge is 0.349 e. The van der Waals surface area contributed by atoms with Crippen LogP contribution in [-0.2, 0) is 0 Å². The monoisotopic (exact) mass is 423 g/mol. The van der Waals surface area contributed by atoms with Gasteiger partial charge in [0.2, 0.25) is 0 Å². The number of nitrogens with one attached hydrogen (secondary N) is 1. The summed E-state index contributed by atoms with van der Waals surface area (Å²) < 4.78 is 1.55. The number of rotatable bonds is 4. The number of amides is 2. The van der Waals surface area contributed by atoms with E-state index in [-0.39, 0.29) is 17.9 Å². The van der Waals surface area contributed by atoms with Gasteiger partial charge in [0.15, 0.2) is 5.69 Å². The molecule has 0 bridgehead atoms. The van der Waals surface area contributed by atoms with Crippen molar-refractivity contribution in [2.45, 2.75) is 25.8 Å². The molecule has 3 aromatic rings. The first-order valence-corrected chi connectivity index (χ1v) is 10.2. The number of likely N-dealkylation sites (tertiary alicyclic amines) is 1. The molecule has 8 heteroatoms. The summed E-state index contributed by atoms with van der Waals surface area (Å²) in [7, 11) is 0. The van der Waals surface area contributed by atoms with Gasteiger partial charge < -0.3 is 10.2 Å². The van der Waals surface area contributed by atoms with Crippen molar-refractivity contribution in [3.05, 3.63) is 76.6 Å². The molecule has 0 unspecified atom stereocenters. The topological polar surface area (TPSA) is 80.1 Å². The molecular formula is C22H22ClN5O2. The second-order valence-corrected chi connectivity index (χ2v) is 7.87. The van der Waals surface area contributed by atoms with Crippen LogP contribution >= 0.6 is 11.6 Å². The second kappa shape index (κ2) is 8.67. The van der Waals surface area contributed by atoms with Crippen LogP contribution in [0.4, 0.5) is 0 Å². The summed E-state index contributed by atoms with van der Waals surface area (Å²) in [4.78, 5) is 27.0. The summed E-state index contributed by atoms with van der Waals surface area (Å²) in [5.41, 5.74) is 2.79. The standard InChI is InChI=1S/C22H22ClN5O2/c1-15-3-2-4-16(13-15)21(29)24-18-9-11-27(12-10-18)22(30)20-14-28(26-25-20)19-7-5-17(23)6-8-19/h2-8,13-14,18H,9-12H2,1H3,(H,24,29). The number of piperidine rings is 1. The van der Waals surface area contributed by atoms with Gasteiger partial charge in [-0.05, 0) is 56.2 Å². The van der Waals surface area contributed by atoms with Gasteiger partial charge in [0, 0.05) is 29.7 Å². The maximum absolute atomic E-state index is 12.8. The zero-order valence-corrected chi connectivity index (χ0v) is 17.3. The van der Waals surface area contributed by atoms with E-state index in [9.17, 15) is 9.59 Å². The molecule has 4 rings (SSSR count). The summed E-state index contributed by atoms with van der Waals surface area (Å²) in [5.74, 6) is -0.229. The van der Waals surface area contributed by atoms with Crippen molar-refractivity contribution < 1.29 is 9.59 Å². The van der Waals surface area contributed by atoms with Crippen molar-refractivity contribution >= 4 is 23.4 Å². The highest BCUT2D eigenvalue weighted by Crippen LogP contribution is 2.16. The van der Waals surface area contributed by atoms with Crippen molar-refractivity contribution in [2.75, 3.05) is 13.1 Å². The Morgan fingerprint density at radius 1 is 1.10 bits per heavy atom. The zero-order chi connectivity index (χ0) is 21.1. The molecule has 1 saturated heterocycles. The Morgan fingerprint density at radius 3 is 2.53 bits per heavy atom. The third-order valence-electron chi connectivity index (χ3n) is 5.20. The minimum atomic E-state index is -0.154. The number of nitrogens with zero attached hydrogens (tertiary/aromatic N) is 4. The SMILES string of the molecule is Cc1cccc(C(=O)NC2CCN(C(=O)c3cn(-c4ccc(Cl)cc4)nn3)CC2)c1. The Labute approximate surface area is 179 Å². The lowest BCUT2D eigenvalue weighted by atomic mass is 10.0. The molecule has 1 fully saturated rings. The van der Waals surface area contributed by atoms with E-state index in [1.54, 1.807) is 27.9 Å². The highest BCUT2D eigenvalue weighted by atomic mass is 35.5. The highest BCUT2D eigenvalue weighted by molar-refractivity contribution is 6.30. The molecule has 154 valence electrons. The normalized spacial score (nSPS) is 14.5. The van der Waals surface area contributed by atoms with Crippen LogP contribution in [0, 0.1) is 6.92 Å². The molecule has 0 spiro atoms. The maximum atomic E-state index is 12.8. The number of carbonyl (C=O) groups excluding carboxylic acids is 2. The Morgan fingerprint density at radius 2 is 1.83 bits per heavy atom. The van der Waals surface area contributed by atoms with E-state index in [1.807, 2.05) is 43.3 Å². The Kier molecular flexibility index (Phi) is 5.81. The summed E-state index contributed by atoms with van der Waals surface area (Å²) in [6, 6.07) is 14.7. The molecule has 0 radical (unpaired) electrons. The number of hydrogen-bond donors (Lipinski definition) is 1. The van der Waals surface area contributed by atoms with E-state index in [1.165, 1.54) is 0 Å². The molecule has 2 heterocycles. The lowest BCUT2D eigenvalue weighted by Gasteiger charge is -2.31. The summed E-state index contributed by atoms with van der Waals surface area (Å²) in [5, 5.41) is 11.8. The van der Waals surface area contributed by atoms with Crippen molar-refractivity contribution in [2.24, 2.45) is 0 Å². The third kappa shape index (κ3) is 4.52. The Balaban J connectivity index is 1.33. The van der Waals surface area contributed by atoms with Crippen molar-refractivity contribution in [1.29, 1.82) is 0 Å². The number of halogens is 1. The minimum Gasteiger partial charge on any atom is -0.349 e. The van der Waals surface area contributed by atoms with Crippen LogP contribution in [0.2, 0.25) is 5.02 Å². The van der Waals surface area contributed by atoms with Crippen LogP contribution in [0.3, 0.4) is 0 Å². The molecule has 7 nitrogen and oxygen atoms in total. The van der Waals surface area contributed by atoms with E-state index in [2.05, 4.69) is 15.6 Å². The molecule has 30 heavy (non-hydrogen) atoms. The quantitative estimate of drug-likeness (QED) is 0.698. The van der Waals surface area contributed by atoms with Gasteiger partial charge in [-0.15, -0.1) is 5.10 Å². The fourth-order valence-corrected chi connectivity index (χ4v) is 3.65. The Hall–Kier alpha value is -3.19. The fraction of sp³-hybridized carbons (Fsp3) is 0.273. The number of benzene rings is 2. The average Bonchev–Trinajstić information content (AvgIpc) is 3.24. The summed E-state index contributed by atoms with van der Waals surface area (Å²) >= 11 is 5.91. The average molecular weight is 424 g/mol. The molecule has 0 aliphatic carbocycles. The van der Waals surface area contributed by atoms with Gasteiger partial charge in [-0.25, -0.2) is 4.68 Å². The van der Waals surface area contributed by atoms with Gasteiger partial charge in [-0.1, -0.05) is 34.5 Å². The molecule has 1 aromatic heterocycles. The fourth-order valence-electron chi connectivity index (χ4n) is 3.53. The zero-order valence-electron chi connectivity index (χ0n) is 16.6. The molecule has 2 amide bonds. The number of aromatic nitrogens is 3. The summed E-state index contributed by atoms with van der Waals surface area (Å²) in [6.45, 7) is 3.08. The highest BCUT2D eigenvalue weighted by Gasteiger charge is 2.26. The number of aryl methyl sites for hydroxylation is 1. The van der Waals surface area contributed by atoms with E-state index >= 15 is 0 Å². The van der Waals surface area contributed by atoms with Crippen LogP contribution < -0.4 is 5.32 Å². The van der Waals surface area contributed by atoms with E-state index in [0.717, 1.165) is 11.3 Å². The van der Waals surface area contributed by atoms with Gasteiger partial charge in [-0.3, -0.25) is 9.59 Å². The van der Waals surface area contributed by atoms with Crippen molar-refractivity contribution in [3.63, 3.8) is 0 Å². The van der Waals surface area contributed by atoms with Gasteiger partial charge >= 0.3 is 0 Å². The van der Waals surface area contributed by atoms with E-state index < -0.39 is 0 Å². The smallest absolute Gasteiger partial charge is 0.276 e. The number of carbonyl (C=O) groups is 2. The van der Waals surface area contributed by atoms with Crippen LogP contribution in [-0.4, -0.2) is 50.8 Å². The molecule has 0 atom stereocenters. The maximum Gasteiger partial charge on any atom is 0.276 e. The van der Waals surface area contributed by atoms with Gasteiger partial charge in [0.1, 0.15) is 0 Å². The molecule has 1 aliphatic heterocycles. The first-order valence-electron chi connectivity index (χ1n) is 9.85. The predicted molar refractivity (Wildman–Crippen MR) is 114 cm³/mol. The molecular weight excluding hydrogens is 402 g/mol. The lowest BCUT2D eigenvalue weighted by Crippen LogP contribution is -2.46. The first-order chi connectivity index (χ1) is 14.5. The van der Waals surface area contributed by atoms with Gasteiger partial charge in [0.25, 0.3) is 11.8 Å². The van der Waals surface area contributed by atoms with Crippen molar-refractivity contribution in [3.8, 4) is 5.69 Å². The number of hydrogen-bond acceptors (Lipinski definition) is 4.